The standard InChI is InChI=1S/C18H20FN3O2.HI/c1-23-14-5-2-12(3-6-14)8-9-21-18(20)22-16-11-24-17-7-4-13(19)10-15(16)17;/h2-7,10,16H,8-9,11H2,1H3,(H3,20,21,22);1H. The number of nitrogens with zero attached hydrogens (tertiary/aromatic N) is 1. The Morgan fingerprint density at radius 3 is 2.80 bits per heavy atom. The second kappa shape index (κ2) is 8.89. The lowest BCUT2D eigenvalue weighted by Crippen LogP contribution is -2.36. The molecule has 7 heteroatoms. The molecule has 1 unspecified atom stereocenters. The minimum atomic E-state index is -0.291. The van der Waals surface area contributed by atoms with Crippen LogP contribution in [-0.2, 0) is 6.42 Å². The van der Waals surface area contributed by atoms with Gasteiger partial charge in [-0.1, -0.05) is 12.1 Å². The minimum absolute atomic E-state index is 0. The van der Waals surface area contributed by atoms with E-state index in [2.05, 4.69) is 10.3 Å². The summed E-state index contributed by atoms with van der Waals surface area (Å²) in [6, 6.07) is 12.1. The summed E-state index contributed by atoms with van der Waals surface area (Å²) in [5, 5.41) is 3.08. The van der Waals surface area contributed by atoms with Crippen LogP contribution in [0.25, 0.3) is 0 Å². The molecule has 0 saturated carbocycles. The smallest absolute Gasteiger partial charge is 0.189 e. The first-order valence-electron chi connectivity index (χ1n) is 7.77. The molecule has 25 heavy (non-hydrogen) atoms. The maximum Gasteiger partial charge on any atom is 0.189 e. The van der Waals surface area contributed by atoms with Crippen LogP contribution in [0, 0.1) is 5.82 Å². The van der Waals surface area contributed by atoms with Crippen LogP contribution < -0.4 is 20.5 Å². The van der Waals surface area contributed by atoms with Gasteiger partial charge in [0.1, 0.15) is 23.9 Å². The molecule has 0 amide bonds. The Morgan fingerprint density at radius 1 is 1.32 bits per heavy atom. The molecule has 1 atom stereocenters. The number of nitrogens with two attached hydrogens (primary N) is 1. The third-order valence-corrected chi connectivity index (χ3v) is 3.92. The van der Waals surface area contributed by atoms with E-state index in [1.165, 1.54) is 12.1 Å². The second-order valence-electron chi connectivity index (χ2n) is 5.56. The van der Waals surface area contributed by atoms with Gasteiger partial charge in [0.05, 0.1) is 13.2 Å². The van der Waals surface area contributed by atoms with Crippen molar-refractivity contribution < 1.29 is 13.9 Å². The summed E-state index contributed by atoms with van der Waals surface area (Å²) < 4.78 is 24.0. The Morgan fingerprint density at radius 2 is 2.08 bits per heavy atom. The van der Waals surface area contributed by atoms with Gasteiger partial charge < -0.3 is 20.5 Å². The number of halogens is 2. The van der Waals surface area contributed by atoms with Crippen LogP contribution in [0.3, 0.4) is 0 Å². The first-order chi connectivity index (χ1) is 11.7. The van der Waals surface area contributed by atoms with Crippen molar-refractivity contribution in [1.82, 2.24) is 5.32 Å². The van der Waals surface area contributed by atoms with Gasteiger partial charge in [-0.05, 0) is 42.3 Å². The zero-order chi connectivity index (χ0) is 16.9. The fraction of sp³-hybridized carbons (Fsp3) is 0.278. The van der Waals surface area contributed by atoms with Crippen molar-refractivity contribution in [3.8, 4) is 11.5 Å². The predicted molar refractivity (Wildman–Crippen MR) is 106 cm³/mol. The largest absolute Gasteiger partial charge is 0.497 e. The van der Waals surface area contributed by atoms with Gasteiger partial charge in [0, 0.05) is 12.1 Å². The number of benzene rings is 2. The summed E-state index contributed by atoms with van der Waals surface area (Å²) in [6.07, 6.45) is 0.777. The summed E-state index contributed by atoms with van der Waals surface area (Å²) in [5.74, 6) is 1.55. The average molecular weight is 457 g/mol. The van der Waals surface area contributed by atoms with Crippen LogP contribution >= 0.6 is 24.0 Å². The second-order valence-corrected chi connectivity index (χ2v) is 5.56. The van der Waals surface area contributed by atoms with Crippen LogP contribution in [0.1, 0.15) is 17.2 Å². The summed E-state index contributed by atoms with van der Waals surface area (Å²) >= 11 is 0. The van der Waals surface area contributed by atoms with E-state index in [1.807, 2.05) is 24.3 Å². The van der Waals surface area contributed by atoms with Crippen molar-refractivity contribution in [3.05, 3.63) is 59.4 Å². The molecule has 0 aliphatic carbocycles. The van der Waals surface area contributed by atoms with Crippen molar-refractivity contribution in [2.24, 2.45) is 10.7 Å². The van der Waals surface area contributed by atoms with Gasteiger partial charge in [-0.2, -0.15) is 0 Å². The SMILES string of the molecule is COc1ccc(CCN=C(N)NC2COc3ccc(F)cc32)cc1.I. The van der Waals surface area contributed by atoms with E-state index in [4.69, 9.17) is 15.2 Å². The number of hydrogen-bond donors (Lipinski definition) is 2. The molecule has 0 spiro atoms. The lowest BCUT2D eigenvalue weighted by molar-refractivity contribution is 0.324. The zero-order valence-electron chi connectivity index (χ0n) is 13.9. The van der Waals surface area contributed by atoms with Gasteiger partial charge in [-0.3, -0.25) is 4.99 Å². The first kappa shape index (κ1) is 19.3. The Bertz CT molecular complexity index is 738. The normalized spacial score (nSPS) is 15.8. The van der Waals surface area contributed by atoms with Gasteiger partial charge in [-0.15, -0.1) is 24.0 Å². The molecule has 2 aromatic rings. The molecule has 0 saturated heterocycles. The topological polar surface area (TPSA) is 68.9 Å². The molecule has 134 valence electrons. The monoisotopic (exact) mass is 457 g/mol. The van der Waals surface area contributed by atoms with Crippen LogP contribution in [0.2, 0.25) is 0 Å². The van der Waals surface area contributed by atoms with Gasteiger partial charge in [0.2, 0.25) is 0 Å². The van der Waals surface area contributed by atoms with Gasteiger partial charge in [0.15, 0.2) is 5.96 Å². The third kappa shape index (κ3) is 4.97. The Hall–Kier alpha value is -2.03. The Labute approximate surface area is 163 Å². The minimum Gasteiger partial charge on any atom is -0.497 e. The van der Waals surface area contributed by atoms with Gasteiger partial charge >= 0.3 is 0 Å². The van der Waals surface area contributed by atoms with E-state index in [1.54, 1.807) is 13.2 Å². The van der Waals surface area contributed by atoms with E-state index in [0.717, 1.165) is 23.3 Å². The molecule has 0 bridgehead atoms. The van der Waals surface area contributed by atoms with Crippen molar-refractivity contribution in [2.45, 2.75) is 12.5 Å². The molecular formula is C18H21FIN3O2. The molecule has 1 aliphatic rings. The number of fused-ring (bicyclic) bond motifs is 1. The number of nitrogens with one attached hydrogen (secondary N) is 1. The molecule has 1 aliphatic heterocycles. The van der Waals surface area contributed by atoms with Crippen LogP contribution in [0.4, 0.5) is 4.39 Å². The lowest BCUT2D eigenvalue weighted by Gasteiger charge is -2.12. The maximum atomic E-state index is 13.4. The molecule has 0 radical (unpaired) electrons. The van der Waals surface area contributed by atoms with E-state index in [-0.39, 0.29) is 35.8 Å². The van der Waals surface area contributed by atoms with Crippen molar-refractivity contribution in [2.75, 3.05) is 20.3 Å². The summed E-state index contributed by atoms with van der Waals surface area (Å²) in [5.41, 5.74) is 7.85. The number of methoxy groups -OCH3 is 1. The highest BCUT2D eigenvalue weighted by Gasteiger charge is 2.24. The fourth-order valence-electron chi connectivity index (χ4n) is 2.63. The van der Waals surface area contributed by atoms with E-state index in [0.29, 0.717) is 24.9 Å². The Balaban J connectivity index is 0.00000225. The number of aliphatic imine (C=N–C) groups is 1. The lowest BCUT2D eigenvalue weighted by atomic mass is 10.1. The van der Waals surface area contributed by atoms with Crippen LogP contribution in [-0.4, -0.2) is 26.2 Å². The van der Waals surface area contributed by atoms with Crippen LogP contribution in [0.5, 0.6) is 11.5 Å². The fourth-order valence-corrected chi connectivity index (χ4v) is 2.63. The van der Waals surface area contributed by atoms with E-state index < -0.39 is 0 Å². The first-order valence-corrected chi connectivity index (χ1v) is 7.77. The highest BCUT2D eigenvalue weighted by atomic mass is 127. The number of hydrogen-bond acceptors (Lipinski definition) is 3. The van der Waals surface area contributed by atoms with Crippen molar-refractivity contribution >= 4 is 29.9 Å². The molecule has 1 heterocycles. The molecule has 2 aromatic carbocycles. The quantitative estimate of drug-likeness (QED) is 0.412. The maximum absolute atomic E-state index is 13.4. The zero-order valence-corrected chi connectivity index (χ0v) is 16.2. The molecule has 0 fully saturated rings. The van der Waals surface area contributed by atoms with Gasteiger partial charge in [-0.25, -0.2) is 4.39 Å². The number of rotatable bonds is 5. The number of ether oxygens (including phenoxy) is 2. The summed E-state index contributed by atoms with van der Waals surface area (Å²) in [4.78, 5) is 4.32. The third-order valence-electron chi connectivity index (χ3n) is 3.92. The van der Waals surface area contributed by atoms with E-state index in [9.17, 15) is 4.39 Å². The molecule has 3 N–H and O–H groups in total. The van der Waals surface area contributed by atoms with Crippen molar-refractivity contribution in [1.29, 1.82) is 0 Å². The molecule has 3 rings (SSSR count). The number of guanidine groups is 1. The summed E-state index contributed by atoms with van der Waals surface area (Å²) in [7, 11) is 1.64. The van der Waals surface area contributed by atoms with Gasteiger partial charge in [0.25, 0.3) is 0 Å². The molecule has 0 aromatic heterocycles. The van der Waals surface area contributed by atoms with Crippen LogP contribution in [0.15, 0.2) is 47.5 Å². The summed E-state index contributed by atoms with van der Waals surface area (Å²) in [6.45, 7) is 0.974. The average Bonchev–Trinajstić information content (AvgIpc) is 2.97. The highest BCUT2D eigenvalue weighted by molar-refractivity contribution is 14.0. The van der Waals surface area contributed by atoms with Crippen molar-refractivity contribution in [3.63, 3.8) is 0 Å². The Kier molecular flexibility index (Phi) is 6.86. The predicted octanol–water partition coefficient (Wildman–Crippen LogP) is 3.03. The highest BCUT2D eigenvalue weighted by Crippen LogP contribution is 2.32. The molecular weight excluding hydrogens is 436 g/mol. The van der Waals surface area contributed by atoms with E-state index >= 15 is 0 Å². The molecule has 5 nitrogen and oxygen atoms in total.